The molecule has 94 valence electrons. The topological polar surface area (TPSA) is 41.5 Å². The zero-order valence-electron chi connectivity index (χ0n) is 10.6. The predicted octanol–water partition coefficient (Wildman–Crippen LogP) is 3.23. The summed E-state index contributed by atoms with van der Waals surface area (Å²) in [6.07, 6.45) is 5.13. The van der Waals surface area contributed by atoms with E-state index in [1.54, 1.807) is 6.07 Å². The van der Waals surface area contributed by atoms with E-state index in [1.807, 2.05) is 26.0 Å². The third-order valence-corrected chi connectivity index (χ3v) is 3.36. The molecule has 1 aromatic carbocycles. The smallest absolute Gasteiger partial charge is 0.120 e. The number of phenolic OH excluding ortho intramolecular Hbond substituents is 1. The number of aryl methyl sites for hydroxylation is 1. The molecule has 1 unspecified atom stereocenters. The highest BCUT2D eigenvalue weighted by atomic mass is 16.7. The predicted molar refractivity (Wildman–Crippen MR) is 67.7 cm³/mol. The second-order valence-corrected chi connectivity index (χ2v) is 4.93. The van der Waals surface area contributed by atoms with Crippen molar-refractivity contribution in [2.24, 2.45) is 0 Å². The molecule has 0 amide bonds. The molecule has 2 rings (SSSR count). The molecule has 0 spiro atoms. The molecule has 3 nitrogen and oxygen atoms in total. The molecule has 1 aromatic rings. The Bertz CT molecular complexity index is 372. The van der Waals surface area contributed by atoms with Gasteiger partial charge in [-0.05, 0) is 32.8 Å². The monoisotopic (exact) mass is 235 g/mol. The molecule has 0 saturated heterocycles. The number of nitrogens with one attached hydrogen (secondary N) is 1. The second kappa shape index (κ2) is 5.52. The Hall–Kier alpha value is -1.06. The van der Waals surface area contributed by atoms with Gasteiger partial charge in [-0.15, -0.1) is 0 Å². The van der Waals surface area contributed by atoms with Crippen LogP contribution in [0.1, 0.15) is 49.8 Å². The Balaban J connectivity index is 1.93. The highest BCUT2D eigenvalue weighted by molar-refractivity contribution is 5.37. The minimum absolute atomic E-state index is 0.00972. The van der Waals surface area contributed by atoms with Gasteiger partial charge in [-0.1, -0.05) is 30.5 Å². The summed E-state index contributed by atoms with van der Waals surface area (Å²) in [4.78, 5) is 5.65. The lowest BCUT2D eigenvalue weighted by Crippen LogP contribution is -2.24. The average molecular weight is 235 g/mol. The third kappa shape index (κ3) is 3.20. The summed E-state index contributed by atoms with van der Waals surface area (Å²) in [6.45, 7) is 4.02. The molecule has 1 fully saturated rings. The number of hydrogen-bond donors (Lipinski definition) is 2. The number of hydrogen-bond acceptors (Lipinski definition) is 3. The summed E-state index contributed by atoms with van der Waals surface area (Å²) < 4.78 is 0. The summed E-state index contributed by atoms with van der Waals surface area (Å²) in [7, 11) is 0. The van der Waals surface area contributed by atoms with Gasteiger partial charge < -0.3 is 5.11 Å². The van der Waals surface area contributed by atoms with Crippen molar-refractivity contribution in [3.8, 4) is 5.75 Å². The minimum atomic E-state index is 0.00972. The lowest BCUT2D eigenvalue weighted by atomic mass is 10.1. The van der Waals surface area contributed by atoms with Crippen LogP contribution in [0.15, 0.2) is 18.2 Å². The van der Waals surface area contributed by atoms with Crippen molar-refractivity contribution in [1.82, 2.24) is 5.48 Å². The number of rotatable bonds is 4. The van der Waals surface area contributed by atoms with E-state index in [0.717, 1.165) is 24.0 Å². The first kappa shape index (κ1) is 12.4. The van der Waals surface area contributed by atoms with Crippen molar-refractivity contribution >= 4 is 0 Å². The van der Waals surface area contributed by atoms with Crippen LogP contribution in [0.4, 0.5) is 0 Å². The fraction of sp³-hybridized carbons (Fsp3) is 0.571. The summed E-state index contributed by atoms with van der Waals surface area (Å²) in [6, 6.07) is 5.64. The molecule has 1 aliphatic rings. The maximum absolute atomic E-state index is 9.80. The summed E-state index contributed by atoms with van der Waals surface area (Å²) in [5, 5.41) is 9.80. The Morgan fingerprint density at radius 2 is 2.06 bits per heavy atom. The second-order valence-electron chi connectivity index (χ2n) is 4.93. The van der Waals surface area contributed by atoms with Gasteiger partial charge >= 0.3 is 0 Å². The number of phenols is 1. The molecule has 0 aliphatic heterocycles. The van der Waals surface area contributed by atoms with Crippen molar-refractivity contribution in [2.75, 3.05) is 0 Å². The van der Waals surface area contributed by atoms with E-state index in [4.69, 9.17) is 4.84 Å². The molecule has 1 aliphatic carbocycles. The van der Waals surface area contributed by atoms with Gasteiger partial charge in [0.25, 0.3) is 0 Å². The maximum Gasteiger partial charge on any atom is 0.120 e. The van der Waals surface area contributed by atoms with Crippen LogP contribution in [0.5, 0.6) is 5.75 Å². The van der Waals surface area contributed by atoms with E-state index in [1.165, 1.54) is 12.8 Å². The molecule has 0 bridgehead atoms. The standard InChI is InChI=1S/C14H21NO2/c1-10-7-8-14(16)13(9-10)11(2)15-17-12-5-3-4-6-12/h7-9,11-12,15-16H,3-6H2,1-2H3. The van der Waals surface area contributed by atoms with Crippen molar-refractivity contribution in [1.29, 1.82) is 0 Å². The van der Waals surface area contributed by atoms with Gasteiger partial charge in [-0.3, -0.25) is 4.84 Å². The van der Waals surface area contributed by atoms with Crippen LogP contribution in [0.2, 0.25) is 0 Å². The van der Waals surface area contributed by atoms with Crippen LogP contribution in [-0.4, -0.2) is 11.2 Å². The van der Waals surface area contributed by atoms with Gasteiger partial charge in [0.1, 0.15) is 5.75 Å². The van der Waals surface area contributed by atoms with Crippen molar-refractivity contribution in [3.05, 3.63) is 29.3 Å². The fourth-order valence-corrected chi connectivity index (χ4v) is 2.29. The molecule has 3 heteroatoms. The van der Waals surface area contributed by atoms with Crippen LogP contribution in [0.3, 0.4) is 0 Å². The first-order chi connectivity index (χ1) is 8.16. The van der Waals surface area contributed by atoms with Crippen LogP contribution in [0.25, 0.3) is 0 Å². The molecular weight excluding hydrogens is 214 g/mol. The van der Waals surface area contributed by atoms with Gasteiger partial charge in [0.2, 0.25) is 0 Å². The quantitative estimate of drug-likeness (QED) is 0.787. The van der Waals surface area contributed by atoms with E-state index in [0.29, 0.717) is 11.9 Å². The zero-order valence-corrected chi connectivity index (χ0v) is 10.6. The molecule has 0 heterocycles. The van der Waals surface area contributed by atoms with E-state index >= 15 is 0 Å². The van der Waals surface area contributed by atoms with Gasteiger partial charge in [0.15, 0.2) is 0 Å². The first-order valence-electron chi connectivity index (χ1n) is 6.37. The molecule has 0 aromatic heterocycles. The number of benzene rings is 1. The molecule has 2 N–H and O–H groups in total. The van der Waals surface area contributed by atoms with Gasteiger partial charge in [0, 0.05) is 5.56 Å². The Kier molecular flexibility index (Phi) is 4.02. The molecule has 0 radical (unpaired) electrons. The first-order valence-corrected chi connectivity index (χ1v) is 6.37. The van der Waals surface area contributed by atoms with Gasteiger partial charge in [0.05, 0.1) is 12.1 Å². The van der Waals surface area contributed by atoms with Crippen molar-refractivity contribution in [2.45, 2.75) is 51.7 Å². The molecule has 1 atom stereocenters. The fourth-order valence-electron chi connectivity index (χ4n) is 2.29. The Morgan fingerprint density at radius 1 is 1.35 bits per heavy atom. The van der Waals surface area contributed by atoms with Crippen LogP contribution < -0.4 is 5.48 Å². The van der Waals surface area contributed by atoms with E-state index in [-0.39, 0.29) is 6.04 Å². The summed E-state index contributed by atoms with van der Waals surface area (Å²) in [5.41, 5.74) is 5.09. The van der Waals surface area contributed by atoms with Crippen molar-refractivity contribution < 1.29 is 9.94 Å². The summed E-state index contributed by atoms with van der Waals surface area (Å²) in [5.74, 6) is 0.325. The van der Waals surface area contributed by atoms with E-state index in [9.17, 15) is 5.11 Å². The number of hydroxylamine groups is 1. The molecule has 1 saturated carbocycles. The molecule has 17 heavy (non-hydrogen) atoms. The zero-order chi connectivity index (χ0) is 12.3. The normalized spacial score (nSPS) is 18.5. The van der Waals surface area contributed by atoms with E-state index in [2.05, 4.69) is 5.48 Å². The largest absolute Gasteiger partial charge is 0.508 e. The minimum Gasteiger partial charge on any atom is -0.508 e. The van der Waals surface area contributed by atoms with Crippen LogP contribution >= 0.6 is 0 Å². The van der Waals surface area contributed by atoms with Crippen molar-refractivity contribution in [3.63, 3.8) is 0 Å². The maximum atomic E-state index is 9.80. The van der Waals surface area contributed by atoms with Gasteiger partial charge in [-0.2, -0.15) is 5.48 Å². The molecular formula is C14H21NO2. The SMILES string of the molecule is Cc1ccc(O)c(C(C)NOC2CCCC2)c1. The lowest BCUT2D eigenvalue weighted by Gasteiger charge is -2.19. The highest BCUT2D eigenvalue weighted by Crippen LogP contribution is 2.26. The van der Waals surface area contributed by atoms with E-state index < -0.39 is 0 Å². The Labute approximate surface area is 103 Å². The van der Waals surface area contributed by atoms with Crippen LogP contribution in [-0.2, 0) is 4.84 Å². The lowest BCUT2D eigenvalue weighted by molar-refractivity contribution is -0.0379. The summed E-state index contributed by atoms with van der Waals surface area (Å²) >= 11 is 0. The highest BCUT2D eigenvalue weighted by Gasteiger charge is 2.18. The number of aromatic hydroxyl groups is 1. The Morgan fingerprint density at radius 3 is 2.76 bits per heavy atom. The average Bonchev–Trinajstić information content (AvgIpc) is 2.82. The van der Waals surface area contributed by atoms with Gasteiger partial charge in [-0.25, -0.2) is 0 Å². The third-order valence-electron chi connectivity index (χ3n) is 3.36. The van der Waals surface area contributed by atoms with Crippen LogP contribution in [0, 0.1) is 6.92 Å².